The van der Waals surface area contributed by atoms with Crippen molar-refractivity contribution in [3.05, 3.63) is 34.6 Å². The lowest BCUT2D eigenvalue weighted by molar-refractivity contribution is 0.587. The van der Waals surface area contributed by atoms with Crippen molar-refractivity contribution >= 4 is 11.6 Å². The first-order valence-electron chi connectivity index (χ1n) is 4.76. The van der Waals surface area contributed by atoms with Crippen LogP contribution in [0.25, 0.3) is 0 Å². The quantitative estimate of drug-likeness (QED) is 0.814. The molecule has 0 aromatic heterocycles. The van der Waals surface area contributed by atoms with Crippen LogP contribution in [-0.2, 0) is 6.42 Å². The lowest BCUT2D eigenvalue weighted by Crippen LogP contribution is -2.24. The molecule has 0 aliphatic rings. The molecule has 78 valence electrons. The van der Waals surface area contributed by atoms with Gasteiger partial charge in [-0.3, -0.25) is 0 Å². The van der Waals surface area contributed by atoms with Crippen molar-refractivity contribution in [3.8, 4) is 0 Å². The summed E-state index contributed by atoms with van der Waals surface area (Å²) in [6.07, 6.45) is 0.801. The van der Waals surface area contributed by atoms with Gasteiger partial charge in [-0.05, 0) is 36.7 Å². The van der Waals surface area contributed by atoms with E-state index in [9.17, 15) is 4.39 Å². The zero-order valence-electron chi connectivity index (χ0n) is 8.48. The highest BCUT2D eigenvalue weighted by atomic mass is 35.5. The number of benzene rings is 1. The van der Waals surface area contributed by atoms with Crippen LogP contribution in [0.5, 0.6) is 0 Å². The van der Waals surface area contributed by atoms with Crippen LogP contribution in [0.4, 0.5) is 4.39 Å². The smallest absolute Gasteiger partial charge is 0.124 e. The summed E-state index contributed by atoms with van der Waals surface area (Å²) in [6.45, 7) is 5.01. The minimum Gasteiger partial charge on any atom is -0.314 e. The zero-order chi connectivity index (χ0) is 10.6. The number of hydrogen-bond acceptors (Lipinski definition) is 1. The van der Waals surface area contributed by atoms with Gasteiger partial charge in [-0.2, -0.15) is 0 Å². The van der Waals surface area contributed by atoms with E-state index in [2.05, 4.69) is 19.2 Å². The minimum absolute atomic E-state index is 0.267. The largest absolute Gasteiger partial charge is 0.314 e. The van der Waals surface area contributed by atoms with Crippen LogP contribution in [0.1, 0.15) is 19.4 Å². The van der Waals surface area contributed by atoms with Crippen LogP contribution in [-0.4, -0.2) is 12.6 Å². The summed E-state index contributed by atoms with van der Waals surface area (Å²) in [6, 6.07) is 5.10. The predicted molar refractivity (Wildman–Crippen MR) is 58.3 cm³/mol. The molecule has 3 heteroatoms. The molecular formula is C11H15ClFN. The normalized spacial score (nSPS) is 10.9. The molecule has 1 nitrogen and oxygen atoms in total. The van der Waals surface area contributed by atoms with Gasteiger partial charge in [0.1, 0.15) is 5.82 Å². The predicted octanol–water partition coefficient (Wildman–Crippen LogP) is 3.02. The fourth-order valence-electron chi connectivity index (χ4n) is 1.26. The van der Waals surface area contributed by atoms with Gasteiger partial charge in [-0.15, -0.1) is 0 Å². The van der Waals surface area contributed by atoms with E-state index in [4.69, 9.17) is 11.6 Å². The van der Waals surface area contributed by atoms with Gasteiger partial charge in [0, 0.05) is 11.1 Å². The van der Waals surface area contributed by atoms with Gasteiger partial charge < -0.3 is 5.32 Å². The summed E-state index contributed by atoms with van der Waals surface area (Å²) in [5.74, 6) is -0.267. The molecule has 0 unspecified atom stereocenters. The first-order valence-corrected chi connectivity index (χ1v) is 5.14. The molecule has 0 heterocycles. The maximum atomic E-state index is 12.9. The lowest BCUT2D eigenvalue weighted by Gasteiger charge is -2.07. The van der Waals surface area contributed by atoms with E-state index in [1.54, 1.807) is 6.07 Å². The number of rotatable bonds is 4. The fourth-order valence-corrected chi connectivity index (χ4v) is 1.50. The molecule has 0 amide bonds. The summed E-state index contributed by atoms with van der Waals surface area (Å²) in [5, 5.41) is 3.73. The lowest BCUT2D eigenvalue weighted by atomic mass is 10.1. The highest BCUT2D eigenvalue weighted by Gasteiger charge is 1.99. The summed E-state index contributed by atoms with van der Waals surface area (Å²) >= 11 is 5.73. The van der Waals surface area contributed by atoms with Crippen molar-refractivity contribution < 1.29 is 4.39 Å². The molecule has 0 saturated carbocycles. The topological polar surface area (TPSA) is 12.0 Å². The number of halogens is 2. The van der Waals surface area contributed by atoms with Crippen LogP contribution >= 0.6 is 11.6 Å². The van der Waals surface area contributed by atoms with E-state index in [-0.39, 0.29) is 5.82 Å². The Bertz CT molecular complexity index is 279. The molecular weight excluding hydrogens is 201 g/mol. The van der Waals surface area contributed by atoms with Gasteiger partial charge >= 0.3 is 0 Å². The summed E-state index contributed by atoms with van der Waals surface area (Å²) in [7, 11) is 0. The highest BCUT2D eigenvalue weighted by Crippen LogP contribution is 2.14. The highest BCUT2D eigenvalue weighted by molar-refractivity contribution is 6.30. The van der Waals surface area contributed by atoms with Crippen molar-refractivity contribution in [2.45, 2.75) is 26.3 Å². The zero-order valence-corrected chi connectivity index (χ0v) is 9.24. The van der Waals surface area contributed by atoms with Gasteiger partial charge in [0.05, 0.1) is 0 Å². The first kappa shape index (κ1) is 11.5. The van der Waals surface area contributed by atoms with Gasteiger partial charge in [-0.25, -0.2) is 4.39 Å². The maximum absolute atomic E-state index is 12.9. The van der Waals surface area contributed by atoms with Crippen LogP contribution in [0.15, 0.2) is 18.2 Å². The van der Waals surface area contributed by atoms with Gasteiger partial charge in [0.25, 0.3) is 0 Å². The van der Waals surface area contributed by atoms with Crippen LogP contribution in [0.3, 0.4) is 0 Å². The second kappa shape index (κ2) is 5.32. The van der Waals surface area contributed by atoms with Gasteiger partial charge in [0.2, 0.25) is 0 Å². The Hall–Kier alpha value is -0.600. The molecule has 0 aliphatic heterocycles. The van der Waals surface area contributed by atoms with Gasteiger partial charge in [0.15, 0.2) is 0 Å². The van der Waals surface area contributed by atoms with Gasteiger partial charge in [-0.1, -0.05) is 25.4 Å². The third-order valence-electron chi connectivity index (χ3n) is 1.89. The standard InChI is InChI=1S/C11H15ClFN/c1-8(2)14-4-3-9-5-10(12)7-11(13)6-9/h5-8,14H,3-4H2,1-2H3. The Labute approximate surface area is 89.3 Å². The van der Waals surface area contributed by atoms with E-state index >= 15 is 0 Å². The second-order valence-electron chi connectivity index (χ2n) is 3.64. The molecule has 1 rings (SSSR count). The Balaban J connectivity index is 2.50. The van der Waals surface area contributed by atoms with E-state index < -0.39 is 0 Å². The molecule has 1 aromatic carbocycles. The molecule has 1 N–H and O–H groups in total. The van der Waals surface area contributed by atoms with E-state index in [1.807, 2.05) is 0 Å². The van der Waals surface area contributed by atoms with Crippen molar-refractivity contribution in [3.63, 3.8) is 0 Å². The van der Waals surface area contributed by atoms with Crippen molar-refractivity contribution in [2.24, 2.45) is 0 Å². The Morgan fingerprint density at radius 1 is 1.36 bits per heavy atom. The monoisotopic (exact) mass is 215 g/mol. The van der Waals surface area contributed by atoms with Crippen LogP contribution in [0, 0.1) is 5.82 Å². The number of nitrogens with one attached hydrogen (secondary N) is 1. The van der Waals surface area contributed by atoms with Crippen molar-refractivity contribution in [1.29, 1.82) is 0 Å². The Morgan fingerprint density at radius 3 is 2.64 bits per heavy atom. The summed E-state index contributed by atoms with van der Waals surface area (Å²) in [5.41, 5.74) is 0.933. The van der Waals surface area contributed by atoms with Crippen LogP contribution < -0.4 is 5.32 Å². The Morgan fingerprint density at radius 2 is 2.07 bits per heavy atom. The van der Waals surface area contributed by atoms with E-state index in [0.717, 1.165) is 18.5 Å². The van der Waals surface area contributed by atoms with Crippen LogP contribution in [0.2, 0.25) is 5.02 Å². The van der Waals surface area contributed by atoms with Crippen molar-refractivity contribution in [1.82, 2.24) is 5.32 Å². The molecule has 14 heavy (non-hydrogen) atoms. The second-order valence-corrected chi connectivity index (χ2v) is 4.07. The molecule has 0 spiro atoms. The molecule has 0 saturated heterocycles. The number of hydrogen-bond donors (Lipinski definition) is 1. The summed E-state index contributed by atoms with van der Waals surface area (Å²) < 4.78 is 12.9. The molecule has 0 fully saturated rings. The average Bonchev–Trinajstić information content (AvgIpc) is 2.01. The molecule has 0 radical (unpaired) electrons. The Kier molecular flexibility index (Phi) is 4.36. The first-order chi connectivity index (χ1) is 6.58. The molecule has 0 bridgehead atoms. The van der Waals surface area contributed by atoms with E-state index in [0.29, 0.717) is 11.1 Å². The van der Waals surface area contributed by atoms with E-state index in [1.165, 1.54) is 12.1 Å². The maximum Gasteiger partial charge on any atom is 0.124 e. The molecule has 0 aliphatic carbocycles. The SMILES string of the molecule is CC(C)NCCc1cc(F)cc(Cl)c1. The summed E-state index contributed by atoms with van der Waals surface area (Å²) in [4.78, 5) is 0. The third kappa shape index (κ3) is 4.07. The third-order valence-corrected chi connectivity index (χ3v) is 2.11. The fraction of sp³-hybridized carbons (Fsp3) is 0.455. The van der Waals surface area contributed by atoms with Crippen molar-refractivity contribution in [2.75, 3.05) is 6.54 Å². The molecule has 0 atom stereocenters. The average molecular weight is 216 g/mol. The minimum atomic E-state index is -0.267. The molecule has 1 aromatic rings.